The molecule has 1 amide bonds. The summed E-state index contributed by atoms with van der Waals surface area (Å²) < 4.78 is 25.6. The van der Waals surface area contributed by atoms with Gasteiger partial charge in [0, 0.05) is 22.2 Å². The van der Waals surface area contributed by atoms with Crippen LogP contribution in [0.5, 0.6) is 0 Å². The first-order valence-corrected chi connectivity index (χ1v) is 8.95. The zero-order chi connectivity index (χ0) is 17.7. The Morgan fingerprint density at radius 2 is 1.58 bits per heavy atom. The minimum absolute atomic E-state index is 0.0177. The summed E-state index contributed by atoms with van der Waals surface area (Å²) in [5.74, 6) is -0.731. The van der Waals surface area contributed by atoms with Gasteiger partial charge in [-0.15, -0.1) is 0 Å². The molecule has 6 heteroatoms. The molecule has 2 aromatic carbocycles. The average molecular weight is 343 g/mol. The Bertz CT molecular complexity index is 969. The maximum atomic E-state index is 12.8. The molecule has 0 spiro atoms. The normalized spacial score (nSPS) is 15.4. The van der Waals surface area contributed by atoms with Gasteiger partial charge in [0.25, 0.3) is 5.91 Å². The van der Waals surface area contributed by atoms with Gasteiger partial charge in [-0.25, -0.2) is 8.42 Å². The largest absolute Gasteiger partial charge is 0.347 e. The molecule has 24 heavy (non-hydrogen) atoms. The SMILES string of the molecule is CC(C)(C)NC(=O)c1ccc2c(c1)S(=O)(=O)c1ccccc1C2=O. The minimum Gasteiger partial charge on any atom is -0.347 e. The molecule has 3 rings (SSSR count). The van der Waals surface area contributed by atoms with Crippen molar-refractivity contribution in [2.75, 3.05) is 0 Å². The minimum atomic E-state index is -3.83. The van der Waals surface area contributed by atoms with Crippen LogP contribution in [0.15, 0.2) is 52.3 Å². The molecule has 2 aromatic rings. The lowest BCUT2D eigenvalue weighted by molar-refractivity contribution is 0.0918. The van der Waals surface area contributed by atoms with Gasteiger partial charge in [-0.05, 0) is 51.1 Å². The van der Waals surface area contributed by atoms with Crippen molar-refractivity contribution in [3.05, 3.63) is 59.2 Å². The lowest BCUT2D eigenvalue weighted by atomic mass is 10.0. The zero-order valence-electron chi connectivity index (χ0n) is 13.6. The molecule has 1 aliphatic heterocycles. The number of hydrogen-bond donors (Lipinski definition) is 1. The van der Waals surface area contributed by atoms with E-state index in [1.807, 2.05) is 20.8 Å². The molecular weight excluding hydrogens is 326 g/mol. The highest BCUT2D eigenvalue weighted by molar-refractivity contribution is 7.91. The molecule has 0 unspecified atom stereocenters. The number of carbonyl (C=O) groups is 2. The molecule has 0 radical (unpaired) electrons. The average Bonchev–Trinajstić information content (AvgIpc) is 2.51. The van der Waals surface area contributed by atoms with Gasteiger partial charge < -0.3 is 5.32 Å². The van der Waals surface area contributed by atoms with E-state index in [0.717, 1.165) is 0 Å². The van der Waals surface area contributed by atoms with Crippen LogP contribution in [0.25, 0.3) is 0 Å². The Morgan fingerprint density at radius 1 is 0.958 bits per heavy atom. The molecule has 1 aliphatic rings. The zero-order valence-corrected chi connectivity index (χ0v) is 14.4. The van der Waals surface area contributed by atoms with E-state index in [9.17, 15) is 18.0 Å². The molecule has 5 nitrogen and oxygen atoms in total. The summed E-state index contributed by atoms with van der Waals surface area (Å²) in [5, 5.41) is 2.78. The molecule has 124 valence electrons. The quantitative estimate of drug-likeness (QED) is 0.736. The van der Waals surface area contributed by atoms with Gasteiger partial charge in [-0.3, -0.25) is 9.59 Å². The van der Waals surface area contributed by atoms with Crippen molar-refractivity contribution >= 4 is 21.5 Å². The monoisotopic (exact) mass is 343 g/mol. The Morgan fingerprint density at radius 3 is 2.25 bits per heavy atom. The van der Waals surface area contributed by atoms with Gasteiger partial charge in [0.05, 0.1) is 9.79 Å². The van der Waals surface area contributed by atoms with E-state index in [0.29, 0.717) is 0 Å². The molecule has 0 aromatic heterocycles. The number of hydrogen-bond acceptors (Lipinski definition) is 4. The topological polar surface area (TPSA) is 80.3 Å². The third-order valence-corrected chi connectivity index (χ3v) is 5.54. The summed E-state index contributed by atoms with van der Waals surface area (Å²) in [4.78, 5) is 24.7. The first kappa shape index (κ1) is 16.4. The van der Waals surface area contributed by atoms with E-state index < -0.39 is 15.4 Å². The maximum Gasteiger partial charge on any atom is 0.251 e. The van der Waals surface area contributed by atoms with E-state index in [1.165, 1.54) is 30.3 Å². The highest BCUT2D eigenvalue weighted by Crippen LogP contribution is 2.34. The maximum absolute atomic E-state index is 12.8. The van der Waals surface area contributed by atoms with Gasteiger partial charge in [0.1, 0.15) is 0 Å². The van der Waals surface area contributed by atoms with Crippen molar-refractivity contribution < 1.29 is 18.0 Å². The molecular formula is C18H17NO4S. The van der Waals surface area contributed by atoms with Crippen LogP contribution < -0.4 is 5.32 Å². The second-order valence-electron chi connectivity index (χ2n) is 6.74. The molecule has 0 saturated heterocycles. The summed E-state index contributed by atoms with van der Waals surface area (Å²) in [5.41, 5.74) is 0.0196. The van der Waals surface area contributed by atoms with Crippen LogP contribution in [0.3, 0.4) is 0 Å². The highest BCUT2D eigenvalue weighted by atomic mass is 32.2. The van der Waals surface area contributed by atoms with Crippen LogP contribution in [0, 0.1) is 0 Å². The fourth-order valence-corrected chi connectivity index (χ4v) is 4.32. The van der Waals surface area contributed by atoms with Crippen LogP contribution in [0.1, 0.15) is 47.1 Å². The van der Waals surface area contributed by atoms with Gasteiger partial charge in [0.2, 0.25) is 9.84 Å². The number of ketones is 1. The van der Waals surface area contributed by atoms with Crippen LogP contribution in [-0.2, 0) is 9.84 Å². The summed E-state index contributed by atoms with van der Waals surface area (Å²) in [6, 6.07) is 10.3. The van der Waals surface area contributed by atoms with Gasteiger partial charge in [0.15, 0.2) is 5.78 Å². The van der Waals surface area contributed by atoms with Crippen LogP contribution in [0.4, 0.5) is 0 Å². The number of rotatable bonds is 1. The number of fused-ring (bicyclic) bond motifs is 2. The number of sulfone groups is 1. The number of amides is 1. The fourth-order valence-electron chi connectivity index (χ4n) is 2.64. The summed E-state index contributed by atoms with van der Waals surface area (Å²) >= 11 is 0. The summed E-state index contributed by atoms with van der Waals surface area (Å²) in [7, 11) is -3.83. The van der Waals surface area contributed by atoms with Crippen molar-refractivity contribution in [1.82, 2.24) is 5.32 Å². The lowest BCUT2D eigenvalue weighted by Gasteiger charge is -2.22. The molecule has 1 N–H and O–H groups in total. The number of carbonyl (C=O) groups excluding carboxylic acids is 2. The summed E-state index contributed by atoms with van der Waals surface area (Å²) in [6.45, 7) is 5.50. The second-order valence-corrected chi connectivity index (χ2v) is 8.63. The first-order chi connectivity index (χ1) is 11.1. The smallest absolute Gasteiger partial charge is 0.251 e. The second kappa shape index (κ2) is 5.27. The lowest BCUT2D eigenvalue weighted by Crippen LogP contribution is -2.40. The molecule has 1 heterocycles. The van der Waals surface area contributed by atoms with E-state index in [-0.39, 0.29) is 38.2 Å². The summed E-state index contributed by atoms with van der Waals surface area (Å²) in [6.07, 6.45) is 0. The van der Waals surface area contributed by atoms with Crippen molar-refractivity contribution in [2.45, 2.75) is 36.1 Å². The molecule has 0 fully saturated rings. The fraction of sp³-hybridized carbons (Fsp3) is 0.222. The van der Waals surface area contributed by atoms with E-state index >= 15 is 0 Å². The standard InChI is InChI=1S/C18H17NO4S/c1-18(2,3)19-17(21)11-8-9-13-15(10-11)24(22,23)14-7-5-4-6-12(14)16(13)20/h4-10H,1-3H3,(H,19,21). The number of benzene rings is 2. The number of nitrogens with one attached hydrogen (secondary N) is 1. The Hall–Kier alpha value is -2.47. The van der Waals surface area contributed by atoms with Crippen LogP contribution in [-0.4, -0.2) is 25.6 Å². The van der Waals surface area contributed by atoms with Crippen molar-refractivity contribution in [3.63, 3.8) is 0 Å². The predicted molar refractivity (Wildman–Crippen MR) is 89.0 cm³/mol. The van der Waals surface area contributed by atoms with E-state index in [1.54, 1.807) is 12.1 Å². The van der Waals surface area contributed by atoms with Gasteiger partial charge in [-0.1, -0.05) is 12.1 Å². The molecule has 0 aliphatic carbocycles. The molecule has 0 bridgehead atoms. The predicted octanol–water partition coefficient (Wildman–Crippen LogP) is 2.59. The van der Waals surface area contributed by atoms with Crippen LogP contribution >= 0.6 is 0 Å². The van der Waals surface area contributed by atoms with E-state index in [4.69, 9.17) is 0 Å². The highest BCUT2D eigenvalue weighted by Gasteiger charge is 2.35. The third-order valence-electron chi connectivity index (χ3n) is 3.69. The van der Waals surface area contributed by atoms with Crippen molar-refractivity contribution in [3.8, 4) is 0 Å². The van der Waals surface area contributed by atoms with Crippen molar-refractivity contribution in [1.29, 1.82) is 0 Å². The van der Waals surface area contributed by atoms with Crippen molar-refractivity contribution in [2.24, 2.45) is 0 Å². The Labute approximate surface area is 140 Å². The molecule has 0 saturated carbocycles. The Balaban J connectivity index is 2.15. The van der Waals surface area contributed by atoms with Gasteiger partial charge in [-0.2, -0.15) is 0 Å². The molecule has 0 atom stereocenters. The van der Waals surface area contributed by atoms with Gasteiger partial charge >= 0.3 is 0 Å². The van der Waals surface area contributed by atoms with Crippen LogP contribution in [0.2, 0.25) is 0 Å². The first-order valence-electron chi connectivity index (χ1n) is 7.47. The Kier molecular flexibility index (Phi) is 3.60. The van der Waals surface area contributed by atoms with E-state index in [2.05, 4.69) is 5.32 Å². The third kappa shape index (κ3) is 2.63.